The number of ether oxygens (including phenoxy) is 1. The number of hydrogen-bond donors (Lipinski definition) is 0. The van der Waals surface area contributed by atoms with Gasteiger partial charge in [-0.25, -0.2) is 0 Å². The molecule has 0 saturated carbocycles. The molecule has 0 spiro atoms. The highest BCUT2D eigenvalue weighted by molar-refractivity contribution is 5.78. The second-order valence-corrected chi connectivity index (χ2v) is 8.48. The number of carbonyl (C=O) groups excluding carboxylic acids is 1. The van der Waals surface area contributed by atoms with Crippen molar-refractivity contribution in [3.05, 3.63) is 12.2 Å². The van der Waals surface area contributed by atoms with Crippen molar-refractivity contribution in [3.8, 4) is 0 Å². The Morgan fingerprint density at radius 1 is 0.889 bits per heavy atom. The van der Waals surface area contributed by atoms with Gasteiger partial charge in [-0.1, -0.05) is 77.9 Å². The summed E-state index contributed by atoms with van der Waals surface area (Å²) in [6.07, 6.45) is 20.2. The molecule has 0 N–H and O–H groups in total. The van der Waals surface area contributed by atoms with Crippen molar-refractivity contribution >= 4 is 5.91 Å². The minimum atomic E-state index is 0.163. The molecule has 1 fully saturated rings. The molecule has 0 bridgehead atoms. The second kappa shape index (κ2) is 16.2. The number of carbonyl (C=O) groups is 1. The molecule has 1 rings (SSSR count). The molecule has 0 aromatic carbocycles. The lowest BCUT2D eigenvalue weighted by molar-refractivity contribution is -0.139. The second-order valence-electron chi connectivity index (χ2n) is 8.48. The van der Waals surface area contributed by atoms with Gasteiger partial charge in [0.05, 0.1) is 13.2 Å². The van der Waals surface area contributed by atoms with Crippen LogP contribution in [0.25, 0.3) is 0 Å². The van der Waals surface area contributed by atoms with E-state index in [4.69, 9.17) is 4.74 Å². The van der Waals surface area contributed by atoms with E-state index in [1.165, 1.54) is 70.6 Å². The number of rotatable bonds is 15. The van der Waals surface area contributed by atoms with Crippen molar-refractivity contribution in [2.24, 2.45) is 11.8 Å². The standard InChI is InChI=1S/C24H45NO2/c1-4-5-6-7-8-9-10-11-12-13-15-22(2)16-14-17-23(3)24(26)25-18-20-27-21-19-25/h10-11,22-23H,4-9,12-21H2,1-3H3. The molecule has 27 heavy (non-hydrogen) atoms. The molecule has 3 heteroatoms. The maximum absolute atomic E-state index is 12.4. The average Bonchev–Trinajstić information content (AvgIpc) is 2.69. The lowest BCUT2D eigenvalue weighted by atomic mass is 9.94. The molecule has 3 nitrogen and oxygen atoms in total. The van der Waals surface area contributed by atoms with Gasteiger partial charge in [0.25, 0.3) is 0 Å². The highest BCUT2D eigenvalue weighted by Crippen LogP contribution is 2.19. The monoisotopic (exact) mass is 379 g/mol. The van der Waals surface area contributed by atoms with Gasteiger partial charge in [-0.05, 0) is 38.0 Å². The van der Waals surface area contributed by atoms with Gasteiger partial charge < -0.3 is 9.64 Å². The van der Waals surface area contributed by atoms with Crippen LogP contribution in [-0.4, -0.2) is 37.1 Å². The first-order valence-corrected chi connectivity index (χ1v) is 11.7. The zero-order valence-electron chi connectivity index (χ0n) is 18.4. The Hall–Kier alpha value is -0.830. The largest absolute Gasteiger partial charge is 0.378 e. The predicted molar refractivity (Wildman–Crippen MR) is 116 cm³/mol. The van der Waals surface area contributed by atoms with Crippen LogP contribution >= 0.6 is 0 Å². The Morgan fingerprint density at radius 3 is 2.22 bits per heavy atom. The van der Waals surface area contributed by atoms with Crippen LogP contribution in [0, 0.1) is 11.8 Å². The molecule has 1 amide bonds. The van der Waals surface area contributed by atoms with Gasteiger partial charge in [0.15, 0.2) is 0 Å². The Morgan fingerprint density at radius 2 is 1.52 bits per heavy atom. The molecular weight excluding hydrogens is 334 g/mol. The maximum Gasteiger partial charge on any atom is 0.225 e. The first kappa shape index (κ1) is 24.2. The number of morpholine rings is 1. The summed E-state index contributed by atoms with van der Waals surface area (Å²) in [4.78, 5) is 14.4. The van der Waals surface area contributed by atoms with Crippen molar-refractivity contribution in [2.45, 2.75) is 97.8 Å². The third-order valence-electron chi connectivity index (χ3n) is 5.79. The first-order valence-electron chi connectivity index (χ1n) is 11.7. The molecule has 1 aliphatic heterocycles. The Labute approximate surface area is 168 Å². The van der Waals surface area contributed by atoms with E-state index in [1.54, 1.807) is 0 Å². The highest BCUT2D eigenvalue weighted by atomic mass is 16.5. The molecule has 1 aliphatic rings. The van der Waals surface area contributed by atoms with Crippen molar-refractivity contribution in [3.63, 3.8) is 0 Å². The fraction of sp³-hybridized carbons (Fsp3) is 0.875. The first-order chi connectivity index (χ1) is 13.1. The summed E-state index contributed by atoms with van der Waals surface area (Å²) in [5, 5.41) is 0. The zero-order chi connectivity index (χ0) is 19.7. The van der Waals surface area contributed by atoms with Crippen LogP contribution < -0.4 is 0 Å². The van der Waals surface area contributed by atoms with Crippen molar-refractivity contribution in [1.29, 1.82) is 0 Å². The van der Waals surface area contributed by atoms with Crippen LogP contribution in [0.1, 0.15) is 97.8 Å². The summed E-state index contributed by atoms with van der Waals surface area (Å²) in [5.74, 6) is 1.26. The van der Waals surface area contributed by atoms with Crippen LogP contribution in [0.5, 0.6) is 0 Å². The summed E-state index contributed by atoms with van der Waals surface area (Å²) < 4.78 is 5.33. The van der Waals surface area contributed by atoms with Gasteiger partial charge in [-0.3, -0.25) is 4.79 Å². The van der Waals surface area contributed by atoms with Crippen LogP contribution in [0.4, 0.5) is 0 Å². The van der Waals surface area contributed by atoms with Gasteiger partial charge in [-0.15, -0.1) is 0 Å². The van der Waals surface area contributed by atoms with Gasteiger partial charge in [0.1, 0.15) is 0 Å². The molecular formula is C24H45NO2. The molecule has 1 heterocycles. The smallest absolute Gasteiger partial charge is 0.225 e. The van der Waals surface area contributed by atoms with Crippen LogP contribution in [0.3, 0.4) is 0 Å². The van der Waals surface area contributed by atoms with Gasteiger partial charge in [0, 0.05) is 19.0 Å². The summed E-state index contributed by atoms with van der Waals surface area (Å²) >= 11 is 0. The fourth-order valence-electron chi connectivity index (χ4n) is 3.82. The Bertz CT molecular complexity index is 388. The molecule has 0 radical (unpaired) electrons. The molecule has 0 aromatic heterocycles. The van der Waals surface area contributed by atoms with E-state index in [9.17, 15) is 4.79 Å². The predicted octanol–water partition coefficient (Wildman–Crippen LogP) is 6.37. The molecule has 0 aliphatic carbocycles. The van der Waals surface area contributed by atoms with E-state index in [2.05, 4.69) is 32.9 Å². The van der Waals surface area contributed by atoms with E-state index in [-0.39, 0.29) is 5.92 Å². The Kier molecular flexibility index (Phi) is 14.5. The van der Waals surface area contributed by atoms with E-state index in [0.717, 1.165) is 25.4 Å². The Balaban J connectivity index is 1.97. The minimum Gasteiger partial charge on any atom is -0.378 e. The quantitative estimate of drug-likeness (QED) is 0.244. The lowest BCUT2D eigenvalue weighted by Crippen LogP contribution is -2.43. The van der Waals surface area contributed by atoms with Crippen LogP contribution in [-0.2, 0) is 9.53 Å². The van der Waals surface area contributed by atoms with E-state index < -0.39 is 0 Å². The maximum atomic E-state index is 12.4. The molecule has 2 unspecified atom stereocenters. The van der Waals surface area contributed by atoms with Crippen LogP contribution in [0.2, 0.25) is 0 Å². The topological polar surface area (TPSA) is 29.5 Å². The van der Waals surface area contributed by atoms with Crippen LogP contribution in [0.15, 0.2) is 12.2 Å². The molecule has 2 atom stereocenters. The van der Waals surface area contributed by atoms with Gasteiger partial charge in [-0.2, -0.15) is 0 Å². The number of hydrogen-bond acceptors (Lipinski definition) is 2. The summed E-state index contributed by atoms with van der Waals surface area (Å²) in [6, 6.07) is 0. The zero-order valence-corrected chi connectivity index (χ0v) is 18.4. The average molecular weight is 380 g/mol. The molecule has 158 valence electrons. The summed E-state index contributed by atoms with van der Waals surface area (Å²) in [5.41, 5.74) is 0. The SMILES string of the molecule is CCCCCCCC=CCCCC(C)CCCC(C)C(=O)N1CCOCC1. The van der Waals surface area contributed by atoms with E-state index >= 15 is 0 Å². The van der Waals surface area contributed by atoms with E-state index in [1.807, 2.05) is 4.90 Å². The third kappa shape index (κ3) is 12.3. The molecule has 1 saturated heterocycles. The van der Waals surface area contributed by atoms with Crippen molar-refractivity contribution in [2.75, 3.05) is 26.3 Å². The summed E-state index contributed by atoms with van der Waals surface area (Å²) in [7, 11) is 0. The van der Waals surface area contributed by atoms with Crippen molar-refractivity contribution in [1.82, 2.24) is 4.90 Å². The fourth-order valence-corrected chi connectivity index (χ4v) is 3.82. The number of unbranched alkanes of at least 4 members (excludes halogenated alkanes) is 6. The number of nitrogens with zero attached hydrogens (tertiary/aromatic N) is 1. The number of amides is 1. The van der Waals surface area contributed by atoms with E-state index in [0.29, 0.717) is 19.1 Å². The summed E-state index contributed by atoms with van der Waals surface area (Å²) in [6.45, 7) is 9.66. The van der Waals surface area contributed by atoms with Crippen molar-refractivity contribution < 1.29 is 9.53 Å². The molecule has 0 aromatic rings. The minimum absolute atomic E-state index is 0.163. The lowest BCUT2D eigenvalue weighted by Gasteiger charge is -2.29. The van der Waals surface area contributed by atoms with Gasteiger partial charge in [0.2, 0.25) is 5.91 Å². The third-order valence-corrected chi connectivity index (χ3v) is 5.79. The number of allylic oxidation sites excluding steroid dienone is 2. The normalized spacial score (nSPS) is 17.4. The van der Waals surface area contributed by atoms with Gasteiger partial charge >= 0.3 is 0 Å². The highest BCUT2D eigenvalue weighted by Gasteiger charge is 2.22.